The highest BCUT2D eigenvalue weighted by atomic mass is 16.7. The van der Waals surface area contributed by atoms with E-state index in [4.69, 9.17) is 14.2 Å². The van der Waals surface area contributed by atoms with Crippen molar-refractivity contribution in [2.45, 2.75) is 65.8 Å². The smallest absolute Gasteiger partial charge is 0.303 e. The van der Waals surface area contributed by atoms with Crippen molar-refractivity contribution in [1.82, 2.24) is 0 Å². The third-order valence-corrected chi connectivity index (χ3v) is 3.60. The number of rotatable bonds is 5. The van der Waals surface area contributed by atoms with Crippen molar-refractivity contribution in [3.63, 3.8) is 0 Å². The fourth-order valence-corrected chi connectivity index (χ4v) is 3.30. The van der Waals surface area contributed by atoms with E-state index in [0.29, 0.717) is 19.6 Å². The van der Waals surface area contributed by atoms with Gasteiger partial charge in [-0.1, -0.05) is 13.8 Å². The van der Waals surface area contributed by atoms with Crippen LogP contribution in [0.4, 0.5) is 0 Å². The summed E-state index contributed by atoms with van der Waals surface area (Å²) in [5, 5.41) is 0. The Morgan fingerprint density at radius 3 is 2.00 bits per heavy atom. The lowest BCUT2D eigenvalue weighted by Gasteiger charge is -2.49. The quantitative estimate of drug-likeness (QED) is 0.574. The van der Waals surface area contributed by atoms with E-state index in [2.05, 4.69) is 0 Å². The zero-order valence-electron chi connectivity index (χ0n) is 13.4. The van der Waals surface area contributed by atoms with Gasteiger partial charge in [0.15, 0.2) is 17.2 Å². The second-order valence-electron chi connectivity index (χ2n) is 6.17. The predicted octanol–water partition coefficient (Wildman–Crippen LogP) is 2.47. The summed E-state index contributed by atoms with van der Waals surface area (Å²) < 4.78 is 16.9. The van der Waals surface area contributed by atoms with Gasteiger partial charge in [0.1, 0.15) is 0 Å². The number of carbonyl (C=O) groups is 2. The summed E-state index contributed by atoms with van der Waals surface area (Å²) in [6, 6.07) is 0. The van der Waals surface area contributed by atoms with Crippen molar-refractivity contribution >= 4 is 11.8 Å². The van der Waals surface area contributed by atoms with Crippen LogP contribution < -0.4 is 0 Å². The number of hydrogen-bond acceptors (Lipinski definition) is 5. The van der Waals surface area contributed by atoms with Gasteiger partial charge in [-0.05, 0) is 20.8 Å². The molecule has 0 amide bonds. The molecule has 1 atom stereocenters. The maximum absolute atomic E-state index is 12.6. The standard InChI is InChI=1S/C15H26O5/c1-7-18-15(19-8-2)9-13(4,5)12(17)14(6,10-15)20-11(3)16/h7-10H2,1-6H3. The molecule has 0 saturated heterocycles. The molecule has 5 heteroatoms. The third kappa shape index (κ3) is 3.38. The Kier molecular flexibility index (Phi) is 4.98. The van der Waals surface area contributed by atoms with Crippen LogP contribution in [0.5, 0.6) is 0 Å². The molecular weight excluding hydrogens is 260 g/mol. The van der Waals surface area contributed by atoms with E-state index in [1.807, 2.05) is 27.7 Å². The molecule has 0 N–H and O–H groups in total. The van der Waals surface area contributed by atoms with Crippen molar-refractivity contribution in [2.24, 2.45) is 5.41 Å². The van der Waals surface area contributed by atoms with Crippen LogP contribution in [0, 0.1) is 5.41 Å². The molecule has 1 aliphatic carbocycles. The molecule has 0 aliphatic heterocycles. The largest absolute Gasteiger partial charge is 0.451 e. The molecular formula is C15H26O5. The lowest BCUT2D eigenvalue weighted by atomic mass is 9.66. The average molecular weight is 286 g/mol. The number of ketones is 1. The first-order valence-electron chi connectivity index (χ1n) is 7.13. The highest BCUT2D eigenvalue weighted by Crippen LogP contribution is 2.47. The second kappa shape index (κ2) is 5.82. The van der Waals surface area contributed by atoms with Crippen LogP contribution in [-0.2, 0) is 23.8 Å². The van der Waals surface area contributed by atoms with Crippen LogP contribution >= 0.6 is 0 Å². The maximum atomic E-state index is 12.6. The van der Waals surface area contributed by atoms with Crippen molar-refractivity contribution in [3.8, 4) is 0 Å². The lowest BCUT2D eigenvalue weighted by molar-refractivity contribution is -0.281. The van der Waals surface area contributed by atoms with E-state index < -0.39 is 22.8 Å². The SMILES string of the molecule is CCOC1(OCC)CC(C)(C)C(=O)C(C)(OC(C)=O)C1. The van der Waals surface area contributed by atoms with Crippen molar-refractivity contribution in [2.75, 3.05) is 13.2 Å². The molecule has 1 saturated carbocycles. The monoisotopic (exact) mass is 286 g/mol. The topological polar surface area (TPSA) is 61.8 Å². The Hall–Kier alpha value is -0.940. The van der Waals surface area contributed by atoms with Gasteiger partial charge in [-0.3, -0.25) is 9.59 Å². The number of esters is 1. The number of hydrogen-bond donors (Lipinski definition) is 0. The molecule has 1 aliphatic rings. The van der Waals surface area contributed by atoms with Gasteiger partial charge in [0.2, 0.25) is 0 Å². The minimum atomic E-state index is -1.21. The first-order chi connectivity index (χ1) is 9.11. The highest BCUT2D eigenvalue weighted by molar-refractivity contribution is 5.94. The van der Waals surface area contributed by atoms with E-state index in [-0.39, 0.29) is 12.2 Å². The molecule has 116 valence electrons. The van der Waals surface area contributed by atoms with Crippen molar-refractivity contribution in [1.29, 1.82) is 0 Å². The number of carbonyl (C=O) groups excluding carboxylic acids is 2. The third-order valence-electron chi connectivity index (χ3n) is 3.60. The van der Waals surface area contributed by atoms with Gasteiger partial charge < -0.3 is 14.2 Å². The molecule has 20 heavy (non-hydrogen) atoms. The molecule has 0 heterocycles. The van der Waals surface area contributed by atoms with Crippen LogP contribution in [0.15, 0.2) is 0 Å². The van der Waals surface area contributed by atoms with E-state index in [0.717, 1.165) is 0 Å². The molecule has 0 bridgehead atoms. The number of Topliss-reactive ketones (excluding diaryl/α,β-unsaturated/α-hetero) is 1. The van der Waals surface area contributed by atoms with Gasteiger partial charge in [-0.2, -0.15) is 0 Å². The molecule has 5 nitrogen and oxygen atoms in total. The zero-order chi connectivity index (χ0) is 15.6. The Morgan fingerprint density at radius 2 is 1.60 bits per heavy atom. The van der Waals surface area contributed by atoms with Gasteiger partial charge in [-0.15, -0.1) is 0 Å². The van der Waals surface area contributed by atoms with E-state index in [1.165, 1.54) is 6.92 Å². The molecule has 1 unspecified atom stereocenters. The van der Waals surface area contributed by atoms with Gasteiger partial charge in [0.05, 0.1) is 0 Å². The maximum Gasteiger partial charge on any atom is 0.303 e. The molecule has 1 fully saturated rings. The highest BCUT2D eigenvalue weighted by Gasteiger charge is 2.58. The van der Waals surface area contributed by atoms with E-state index in [9.17, 15) is 9.59 Å². The van der Waals surface area contributed by atoms with Crippen LogP contribution in [-0.4, -0.2) is 36.4 Å². The van der Waals surface area contributed by atoms with Gasteiger partial charge in [-0.25, -0.2) is 0 Å². The summed E-state index contributed by atoms with van der Waals surface area (Å²) in [5.41, 5.74) is -1.88. The molecule has 0 aromatic rings. The Balaban J connectivity index is 3.18. The normalized spacial score (nSPS) is 28.2. The molecule has 0 radical (unpaired) electrons. The molecule has 0 aromatic heterocycles. The first kappa shape index (κ1) is 17.1. The number of ether oxygens (including phenoxy) is 3. The fraction of sp³-hybridized carbons (Fsp3) is 0.867. The summed E-state index contributed by atoms with van der Waals surface area (Å²) in [5.74, 6) is -1.44. The Labute approximate surface area is 121 Å². The summed E-state index contributed by atoms with van der Waals surface area (Å²) in [7, 11) is 0. The molecule has 1 rings (SSSR count). The van der Waals surface area contributed by atoms with Gasteiger partial charge in [0, 0.05) is 38.4 Å². The summed E-state index contributed by atoms with van der Waals surface area (Å²) in [6.45, 7) is 11.3. The van der Waals surface area contributed by atoms with E-state index >= 15 is 0 Å². The zero-order valence-corrected chi connectivity index (χ0v) is 13.4. The van der Waals surface area contributed by atoms with E-state index in [1.54, 1.807) is 6.92 Å². The van der Waals surface area contributed by atoms with Crippen molar-refractivity contribution in [3.05, 3.63) is 0 Å². The van der Waals surface area contributed by atoms with Crippen LogP contribution in [0.1, 0.15) is 54.4 Å². The molecule has 0 aromatic carbocycles. The first-order valence-corrected chi connectivity index (χ1v) is 7.13. The minimum absolute atomic E-state index is 0.0877. The molecule has 0 spiro atoms. The Morgan fingerprint density at radius 1 is 1.10 bits per heavy atom. The van der Waals surface area contributed by atoms with Crippen LogP contribution in [0.25, 0.3) is 0 Å². The summed E-state index contributed by atoms with van der Waals surface area (Å²) >= 11 is 0. The van der Waals surface area contributed by atoms with Crippen molar-refractivity contribution < 1.29 is 23.8 Å². The van der Waals surface area contributed by atoms with Gasteiger partial charge >= 0.3 is 5.97 Å². The van der Waals surface area contributed by atoms with Gasteiger partial charge in [0.25, 0.3) is 0 Å². The predicted molar refractivity (Wildman–Crippen MR) is 74.2 cm³/mol. The van der Waals surface area contributed by atoms with Crippen LogP contribution in [0.3, 0.4) is 0 Å². The minimum Gasteiger partial charge on any atom is -0.451 e. The lowest BCUT2D eigenvalue weighted by Crippen LogP contribution is -2.61. The van der Waals surface area contributed by atoms with Crippen LogP contribution in [0.2, 0.25) is 0 Å². The average Bonchev–Trinajstić information content (AvgIpc) is 2.25. The summed E-state index contributed by atoms with van der Waals surface area (Å²) in [4.78, 5) is 24.0. The Bertz CT molecular complexity index is 382. The summed E-state index contributed by atoms with van der Waals surface area (Å²) in [6.07, 6.45) is 0.681. The fourth-order valence-electron chi connectivity index (χ4n) is 3.30. The second-order valence-corrected chi connectivity index (χ2v) is 6.17.